The van der Waals surface area contributed by atoms with E-state index < -0.39 is 41.1 Å². The van der Waals surface area contributed by atoms with E-state index in [9.17, 15) is 37.5 Å². The number of nitrogens with zero attached hydrogens (tertiary/aromatic N) is 3. The molecule has 0 bridgehead atoms. The molecule has 2 aromatic carbocycles. The summed E-state index contributed by atoms with van der Waals surface area (Å²) in [5.41, 5.74) is -1.51. The van der Waals surface area contributed by atoms with Crippen LogP contribution in [0, 0.1) is 5.92 Å². The molecule has 1 unspecified atom stereocenters. The lowest BCUT2D eigenvalue weighted by atomic mass is 9.85. The van der Waals surface area contributed by atoms with E-state index in [2.05, 4.69) is 5.32 Å². The Kier molecular flexibility index (Phi) is 8.26. The minimum atomic E-state index is -4.70. The molecule has 41 heavy (non-hydrogen) atoms. The second-order valence-electron chi connectivity index (χ2n) is 10.7. The van der Waals surface area contributed by atoms with Crippen LogP contribution in [0.2, 0.25) is 5.02 Å². The maximum atomic E-state index is 13.5. The highest BCUT2D eigenvalue weighted by molar-refractivity contribution is 6.31. The Bertz CT molecular complexity index is 1360. The van der Waals surface area contributed by atoms with Crippen LogP contribution < -0.4 is 10.2 Å². The van der Waals surface area contributed by atoms with Crippen molar-refractivity contribution in [2.45, 2.75) is 44.4 Å². The number of carbonyl (C=O) groups excluding carboxylic acids is 3. The lowest BCUT2D eigenvalue weighted by Gasteiger charge is -2.44. The number of rotatable bonds is 6. The third kappa shape index (κ3) is 5.97. The van der Waals surface area contributed by atoms with Crippen molar-refractivity contribution in [3.05, 3.63) is 64.2 Å². The summed E-state index contributed by atoms with van der Waals surface area (Å²) < 4.78 is 39.7. The number of anilines is 1. The van der Waals surface area contributed by atoms with Crippen molar-refractivity contribution >= 4 is 41.0 Å². The highest BCUT2D eigenvalue weighted by Crippen LogP contribution is 2.39. The largest absolute Gasteiger partial charge is 0.478 e. The Morgan fingerprint density at radius 1 is 1.02 bits per heavy atom. The normalized spacial score (nSPS) is 17.8. The van der Waals surface area contributed by atoms with E-state index in [4.69, 9.17) is 11.6 Å². The molecule has 4 rings (SSSR count). The number of aromatic carboxylic acids is 1. The first kappa shape index (κ1) is 30.2. The number of piperidine rings is 1. The van der Waals surface area contributed by atoms with Crippen LogP contribution in [0.5, 0.6) is 0 Å². The third-order valence-electron chi connectivity index (χ3n) is 7.65. The Morgan fingerprint density at radius 2 is 1.63 bits per heavy atom. The molecule has 13 heteroatoms. The van der Waals surface area contributed by atoms with E-state index in [0.29, 0.717) is 31.3 Å². The molecule has 2 saturated heterocycles. The summed E-state index contributed by atoms with van der Waals surface area (Å²) in [7, 11) is 1.68. The molecular weight excluding hydrogens is 565 g/mol. The first-order chi connectivity index (χ1) is 19.1. The molecule has 2 aliphatic heterocycles. The van der Waals surface area contributed by atoms with E-state index in [1.165, 1.54) is 12.1 Å². The predicted octanol–water partition coefficient (Wildman–Crippen LogP) is 4.11. The van der Waals surface area contributed by atoms with Crippen LogP contribution >= 0.6 is 11.6 Å². The number of carboxylic acid groups (broad SMARTS) is 1. The minimum Gasteiger partial charge on any atom is -0.478 e. The van der Waals surface area contributed by atoms with Gasteiger partial charge < -0.3 is 25.1 Å². The summed E-state index contributed by atoms with van der Waals surface area (Å²) in [6, 6.07) is 7.75. The van der Waals surface area contributed by atoms with Gasteiger partial charge in [0.1, 0.15) is 11.6 Å². The lowest BCUT2D eigenvalue weighted by Crippen LogP contribution is -2.60. The van der Waals surface area contributed by atoms with Crippen molar-refractivity contribution in [2.75, 3.05) is 31.7 Å². The molecule has 1 atom stereocenters. The molecule has 220 valence electrons. The monoisotopic (exact) mass is 594 g/mol. The maximum Gasteiger partial charge on any atom is 0.416 e. The summed E-state index contributed by atoms with van der Waals surface area (Å²) >= 11 is 5.83. The molecule has 0 radical (unpaired) electrons. The Balaban J connectivity index is 1.50. The molecule has 2 heterocycles. The number of likely N-dealkylation sites (N-methyl/N-ethyl adjacent to an activating group) is 1. The van der Waals surface area contributed by atoms with Crippen molar-refractivity contribution in [1.82, 2.24) is 15.1 Å². The van der Waals surface area contributed by atoms with E-state index in [1.807, 2.05) is 4.90 Å². The fourth-order valence-corrected chi connectivity index (χ4v) is 5.63. The highest BCUT2D eigenvalue weighted by atomic mass is 35.5. The number of benzene rings is 2. The molecule has 2 fully saturated rings. The summed E-state index contributed by atoms with van der Waals surface area (Å²) in [5, 5.41) is 11.5. The number of carbonyl (C=O) groups is 4. The van der Waals surface area contributed by atoms with Gasteiger partial charge in [-0.3, -0.25) is 14.4 Å². The molecule has 0 aliphatic carbocycles. The van der Waals surface area contributed by atoms with Crippen LogP contribution in [0.25, 0.3) is 0 Å². The standard InChI is InChI=1S/C28H30ClF3N4O5/c1-16(2)22(33-23(37)18-12-19(28(30,31)32)14-20(29)13-18)24(38)35-10-8-27(9-11-35)26(41)34(3)15-36(27)21-6-4-17(5-7-21)25(39)40/h4-7,12-14,16,22H,8-11,15H2,1-3H3,(H,33,37)(H,39,40). The summed E-state index contributed by atoms with van der Waals surface area (Å²) in [5.74, 6) is -2.82. The van der Waals surface area contributed by atoms with Crippen LogP contribution in [0.3, 0.4) is 0 Å². The average molecular weight is 595 g/mol. The van der Waals surface area contributed by atoms with Crippen molar-refractivity contribution in [3.8, 4) is 0 Å². The second-order valence-corrected chi connectivity index (χ2v) is 11.1. The summed E-state index contributed by atoms with van der Waals surface area (Å²) in [4.78, 5) is 56.1. The number of nitrogens with one attached hydrogen (secondary N) is 1. The van der Waals surface area contributed by atoms with Crippen LogP contribution in [0.4, 0.5) is 18.9 Å². The van der Waals surface area contributed by atoms with E-state index >= 15 is 0 Å². The van der Waals surface area contributed by atoms with Crippen LogP contribution in [-0.2, 0) is 15.8 Å². The Morgan fingerprint density at radius 3 is 2.17 bits per heavy atom. The molecule has 3 amide bonds. The second kappa shape index (κ2) is 11.2. The van der Waals surface area contributed by atoms with Crippen LogP contribution in [0.15, 0.2) is 42.5 Å². The number of amides is 3. The van der Waals surface area contributed by atoms with E-state index in [0.717, 1.165) is 12.1 Å². The zero-order valence-corrected chi connectivity index (χ0v) is 23.4. The SMILES string of the molecule is CC(C)C(NC(=O)c1cc(Cl)cc(C(F)(F)F)c1)C(=O)N1CCC2(CC1)C(=O)N(C)CN2c1ccc(C(=O)O)cc1. The molecular formula is C28H30ClF3N4O5. The number of hydrogen-bond acceptors (Lipinski definition) is 5. The van der Waals surface area contributed by atoms with E-state index in [1.54, 1.807) is 42.8 Å². The topological polar surface area (TPSA) is 110 Å². The fraction of sp³-hybridized carbons (Fsp3) is 0.429. The van der Waals surface area contributed by atoms with Crippen molar-refractivity contribution in [3.63, 3.8) is 0 Å². The Labute approximate surface area is 239 Å². The zero-order valence-electron chi connectivity index (χ0n) is 22.7. The third-order valence-corrected chi connectivity index (χ3v) is 7.87. The van der Waals surface area contributed by atoms with Gasteiger partial charge in [-0.1, -0.05) is 25.4 Å². The molecule has 2 aromatic rings. The van der Waals surface area contributed by atoms with Gasteiger partial charge in [-0.15, -0.1) is 0 Å². The maximum absolute atomic E-state index is 13.5. The first-order valence-electron chi connectivity index (χ1n) is 13.0. The van der Waals surface area contributed by atoms with Gasteiger partial charge in [0.2, 0.25) is 11.8 Å². The van der Waals surface area contributed by atoms with E-state index in [-0.39, 0.29) is 41.1 Å². The quantitative estimate of drug-likeness (QED) is 0.521. The van der Waals surface area contributed by atoms with Gasteiger partial charge in [0, 0.05) is 36.4 Å². The molecule has 2 aliphatic rings. The first-order valence-corrected chi connectivity index (χ1v) is 13.4. The molecule has 9 nitrogen and oxygen atoms in total. The number of halogens is 4. The smallest absolute Gasteiger partial charge is 0.416 e. The van der Waals surface area contributed by atoms with Crippen molar-refractivity contribution in [1.29, 1.82) is 0 Å². The van der Waals surface area contributed by atoms with Crippen molar-refractivity contribution < 1.29 is 37.5 Å². The zero-order chi connectivity index (χ0) is 30.3. The highest BCUT2D eigenvalue weighted by Gasteiger charge is 2.53. The number of likely N-dealkylation sites (tertiary alicyclic amines) is 1. The summed E-state index contributed by atoms with van der Waals surface area (Å²) in [6.45, 7) is 4.13. The predicted molar refractivity (Wildman–Crippen MR) is 145 cm³/mol. The number of hydrogen-bond donors (Lipinski definition) is 2. The van der Waals surface area contributed by atoms with Crippen molar-refractivity contribution in [2.24, 2.45) is 5.92 Å². The minimum absolute atomic E-state index is 0.109. The Hall–Kier alpha value is -3.80. The molecule has 2 N–H and O–H groups in total. The summed E-state index contributed by atoms with van der Waals surface area (Å²) in [6.07, 6.45) is -4.11. The van der Waals surface area contributed by atoms with Gasteiger partial charge in [0.25, 0.3) is 5.91 Å². The molecule has 0 aromatic heterocycles. The number of carboxylic acids is 1. The fourth-order valence-electron chi connectivity index (χ4n) is 5.40. The molecule has 1 spiro atoms. The van der Waals surface area contributed by atoms with Crippen LogP contribution in [0.1, 0.15) is 53.0 Å². The lowest BCUT2D eigenvalue weighted by molar-refractivity contribution is -0.139. The molecule has 0 saturated carbocycles. The van der Waals surface area contributed by atoms with Gasteiger partial charge in [-0.05, 0) is 61.2 Å². The average Bonchev–Trinajstić information content (AvgIpc) is 3.15. The van der Waals surface area contributed by atoms with Gasteiger partial charge >= 0.3 is 12.1 Å². The van der Waals surface area contributed by atoms with Gasteiger partial charge in [0.05, 0.1) is 17.8 Å². The van der Waals surface area contributed by atoms with Crippen LogP contribution in [-0.4, -0.2) is 77.0 Å². The van der Waals surface area contributed by atoms with Gasteiger partial charge in [-0.2, -0.15) is 13.2 Å². The number of alkyl halides is 3. The van der Waals surface area contributed by atoms with Gasteiger partial charge in [0.15, 0.2) is 0 Å². The van der Waals surface area contributed by atoms with Gasteiger partial charge in [-0.25, -0.2) is 4.79 Å².